The zero-order valence-corrected chi connectivity index (χ0v) is 9.88. The molecule has 1 unspecified atom stereocenters. The summed E-state index contributed by atoms with van der Waals surface area (Å²) < 4.78 is 0. The van der Waals surface area contributed by atoms with E-state index in [0.29, 0.717) is 17.2 Å². The minimum absolute atomic E-state index is 0.336. The number of carbonyl (C=O) groups is 1. The summed E-state index contributed by atoms with van der Waals surface area (Å²) in [5, 5.41) is 3.54. The Kier molecular flexibility index (Phi) is 3.12. The second kappa shape index (κ2) is 4.22. The van der Waals surface area contributed by atoms with Crippen molar-refractivity contribution in [1.82, 2.24) is 10.2 Å². The van der Waals surface area contributed by atoms with E-state index in [9.17, 15) is 4.79 Å². The Labute approximate surface area is 92.2 Å². The largest absolute Gasteiger partial charge is 0.313 e. The average Bonchev–Trinajstić information content (AvgIpc) is 2.23. The van der Waals surface area contributed by atoms with Crippen molar-refractivity contribution in [1.29, 1.82) is 0 Å². The Morgan fingerprint density at radius 2 is 2.07 bits per heavy atom. The highest BCUT2D eigenvalue weighted by molar-refractivity contribution is 5.80. The van der Waals surface area contributed by atoms with E-state index in [1.807, 2.05) is 0 Å². The van der Waals surface area contributed by atoms with Crippen molar-refractivity contribution in [2.75, 3.05) is 26.7 Å². The van der Waals surface area contributed by atoms with Gasteiger partial charge in [-0.3, -0.25) is 4.79 Å². The SMILES string of the molecule is CN1CCC(C)(C2CC(=O)CCN2)CC1. The van der Waals surface area contributed by atoms with Crippen LogP contribution in [0.2, 0.25) is 0 Å². The predicted octanol–water partition coefficient (Wildman–Crippen LogP) is 1.04. The van der Waals surface area contributed by atoms with E-state index in [4.69, 9.17) is 0 Å². The van der Waals surface area contributed by atoms with Gasteiger partial charge in [-0.25, -0.2) is 0 Å². The van der Waals surface area contributed by atoms with Gasteiger partial charge in [0.2, 0.25) is 0 Å². The molecular formula is C12H22N2O. The number of piperidine rings is 2. The summed E-state index contributed by atoms with van der Waals surface area (Å²) >= 11 is 0. The first-order chi connectivity index (χ1) is 7.10. The van der Waals surface area contributed by atoms with Crippen molar-refractivity contribution in [3.63, 3.8) is 0 Å². The van der Waals surface area contributed by atoms with Gasteiger partial charge >= 0.3 is 0 Å². The van der Waals surface area contributed by atoms with Crippen LogP contribution in [0.4, 0.5) is 0 Å². The van der Waals surface area contributed by atoms with E-state index < -0.39 is 0 Å². The zero-order valence-electron chi connectivity index (χ0n) is 9.88. The lowest BCUT2D eigenvalue weighted by Gasteiger charge is -2.45. The van der Waals surface area contributed by atoms with Gasteiger partial charge in [-0.2, -0.15) is 0 Å². The number of likely N-dealkylation sites (tertiary alicyclic amines) is 1. The smallest absolute Gasteiger partial charge is 0.135 e. The number of nitrogens with one attached hydrogen (secondary N) is 1. The van der Waals surface area contributed by atoms with Gasteiger partial charge in [-0.05, 0) is 38.4 Å². The second-order valence-corrected chi connectivity index (χ2v) is 5.46. The van der Waals surface area contributed by atoms with Crippen molar-refractivity contribution in [3.8, 4) is 0 Å². The van der Waals surface area contributed by atoms with E-state index >= 15 is 0 Å². The molecule has 0 bridgehead atoms. The van der Waals surface area contributed by atoms with Gasteiger partial charge < -0.3 is 10.2 Å². The maximum absolute atomic E-state index is 11.5. The lowest BCUT2D eigenvalue weighted by molar-refractivity contribution is -0.122. The first-order valence-electron chi connectivity index (χ1n) is 6.04. The predicted molar refractivity (Wildman–Crippen MR) is 60.9 cm³/mol. The van der Waals surface area contributed by atoms with Gasteiger partial charge in [0.05, 0.1) is 0 Å². The van der Waals surface area contributed by atoms with Crippen LogP contribution in [0.1, 0.15) is 32.6 Å². The van der Waals surface area contributed by atoms with Crippen LogP contribution in [-0.2, 0) is 4.79 Å². The summed E-state index contributed by atoms with van der Waals surface area (Å²) in [7, 11) is 2.18. The molecule has 1 N–H and O–H groups in total. The number of nitrogens with zero attached hydrogens (tertiary/aromatic N) is 1. The maximum atomic E-state index is 11.5. The normalized spacial score (nSPS) is 32.9. The van der Waals surface area contributed by atoms with Gasteiger partial charge in [-0.1, -0.05) is 6.92 Å². The van der Waals surface area contributed by atoms with Crippen LogP contribution in [-0.4, -0.2) is 43.4 Å². The van der Waals surface area contributed by atoms with Gasteiger partial charge in [0.15, 0.2) is 0 Å². The number of hydrogen-bond donors (Lipinski definition) is 1. The number of Topliss-reactive ketones (excluding diaryl/α,β-unsaturated/α-hetero) is 1. The quantitative estimate of drug-likeness (QED) is 0.702. The first kappa shape index (κ1) is 11.1. The summed E-state index contributed by atoms with van der Waals surface area (Å²) in [5.74, 6) is 0.443. The van der Waals surface area contributed by atoms with Crippen molar-refractivity contribution < 1.29 is 4.79 Å². The summed E-state index contributed by atoms with van der Waals surface area (Å²) in [6.45, 7) is 5.57. The first-order valence-corrected chi connectivity index (χ1v) is 6.04. The number of carbonyl (C=O) groups excluding carboxylic acids is 1. The fourth-order valence-corrected chi connectivity index (χ4v) is 2.76. The zero-order chi connectivity index (χ0) is 10.9. The van der Waals surface area contributed by atoms with E-state index in [1.54, 1.807) is 0 Å². The third-order valence-electron chi connectivity index (χ3n) is 4.20. The molecule has 0 saturated carbocycles. The molecule has 0 aromatic heterocycles. The highest BCUT2D eigenvalue weighted by atomic mass is 16.1. The molecule has 2 rings (SSSR count). The number of rotatable bonds is 1. The maximum Gasteiger partial charge on any atom is 0.135 e. The molecule has 1 atom stereocenters. The van der Waals surface area contributed by atoms with E-state index in [0.717, 1.165) is 19.4 Å². The Hall–Kier alpha value is -0.410. The number of ketones is 1. The van der Waals surface area contributed by atoms with Gasteiger partial charge in [0.1, 0.15) is 5.78 Å². The minimum atomic E-state index is 0.336. The molecule has 2 fully saturated rings. The molecule has 3 nitrogen and oxygen atoms in total. The van der Waals surface area contributed by atoms with Crippen molar-refractivity contribution in [2.45, 2.75) is 38.6 Å². The Bertz CT molecular complexity index is 244. The summed E-state index contributed by atoms with van der Waals surface area (Å²) in [6, 6.07) is 0.424. The number of hydrogen-bond acceptors (Lipinski definition) is 3. The molecule has 2 aliphatic heterocycles. The Morgan fingerprint density at radius 3 is 2.67 bits per heavy atom. The van der Waals surface area contributed by atoms with Crippen LogP contribution in [0.25, 0.3) is 0 Å². The Morgan fingerprint density at radius 1 is 1.40 bits per heavy atom. The highest BCUT2D eigenvalue weighted by Gasteiger charge is 2.38. The lowest BCUT2D eigenvalue weighted by Crippen LogP contribution is -2.52. The second-order valence-electron chi connectivity index (χ2n) is 5.46. The third-order valence-corrected chi connectivity index (χ3v) is 4.20. The van der Waals surface area contributed by atoms with Crippen LogP contribution in [0.15, 0.2) is 0 Å². The molecule has 0 amide bonds. The van der Waals surface area contributed by atoms with Crippen LogP contribution < -0.4 is 5.32 Å². The molecule has 2 saturated heterocycles. The minimum Gasteiger partial charge on any atom is -0.313 e. The topological polar surface area (TPSA) is 32.3 Å². The van der Waals surface area contributed by atoms with Crippen LogP contribution in [0.5, 0.6) is 0 Å². The molecule has 0 aromatic carbocycles. The molecule has 2 aliphatic rings. The molecule has 2 heterocycles. The van der Waals surface area contributed by atoms with E-state index in [-0.39, 0.29) is 0 Å². The fourth-order valence-electron chi connectivity index (χ4n) is 2.76. The summed E-state index contributed by atoms with van der Waals surface area (Å²) in [4.78, 5) is 13.9. The van der Waals surface area contributed by atoms with Gasteiger partial charge in [0.25, 0.3) is 0 Å². The van der Waals surface area contributed by atoms with Crippen molar-refractivity contribution >= 4 is 5.78 Å². The molecule has 0 aliphatic carbocycles. The summed E-state index contributed by atoms with van der Waals surface area (Å²) in [6.07, 6.45) is 3.91. The fraction of sp³-hybridized carbons (Fsp3) is 0.917. The molecule has 0 radical (unpaired) electrons. The van der Waals surface area contributed by atoms with Gasteiger partial charge in [-0.15, -0.1) is 0 Å². The third kappa shape index (κ3) is 2.40. The monoisotopic (exact) mass is 210 g/mol. The molecular weight excluding hydrogens is 188 g/mol. The van der Waals surface area contributed by atoms with E-state index in [2.05, 4.69) is 24.2 Å². The Balaban J connectivity index is 1.98. The lowest BCUT2D eigenvalue weighted by atomic mass is 9.71. The molecule has 3 heteroatoms. The molecule has 0 spiro atoms. The molecule has 0 aromatic rings. The standard InChI is InChI=1S/C12H22N2O/c1-12(4-7-14(2)8-5-12)11-9-10(15)3-6-13-11/h11,13H,3-9H2,1-2H3. The van der Waals surface area contributed by atoms with Crippen molar-refractivity contribution in [2.24, 2.45) is 5.41 Å². The highest BCUT2D eigenvalue weighted by Crippen LogP contribution is 2.36. The molecule has 86 valence electrons. The summed E-state index contributed by atoms with van der Waals surface area (Å²) in [5.41, 5.74) is 0.336. The van der Waals surface area contributed by atoms with Crippen LogP contribution in [0.3, 0.4) is 0 Å². The van der Waals surface area contributed by atoms with Gasteiger partial charge in [0, 0.05) is 25.4 Å². The van der Waals surface area contributed by atoms with E-state index in [1.165, 1.54) is 25.9 Å². The van der Waals surface area contributed by atoms with Crippen LogP contribution >= 0.6 is 0 Å². The van der Waals surface area contributed by atoms with Crippen molar-refractivity contribution in [3.05, 3.63) is 0 Å². The molecule has 15 heavy (non-hydrogen) atoms. The van der Waals surface area contributed by atoms with Crippen LogP contribution in [0, 0.1) is 5.41 Å². The average molecular weight is 210 g/mol.